The molecular weight excluding hydrogens is 347 g/mol. The van der Waals surface area contributed by atoms with Gasteiger partial charge in [-0.15, -0.1) is 0 Å². The lowest BCUT2D eigenvalue weighted by molar-refractivity contribution is 0.0303. The Kier molecular flexibility index (Phi) is 5.31. The summed E-state index contributed by atoms with van der Waals surface area (Å²) < 4.78 is 19.0. The van der Waals surface area contributed by atoms with E-state index in [4.69, 9.17) is 16.3 Å². The molecule has 0 radical (unpaired) electrons. The zero-order chi connectivity index (χ0) is 17.8. The average molecular weight is 363 g/mol. The predicted molar refractivity (Wildman–Crippen MR) is 92.5 cm³/mol. The van der Waals surface area contributed by atoms with Crippen molar-refractivity contribution < 1.29 is 18.7 Å². The van der Waals surface area contributed by atoms with Crippen LogP contribution in [0.2, 0.25) is 5.02 Å². The molecule has 0 unspecified atom stereocenters. The summed E-state index contributed by atoms with van der Waals surface area (Å²) in [7, 11) is 0. The second-order valence-electron chi connectivity index (χ2n) is 5.53. The van der Waals surface area contributed by atoms with E-state index in [1.165, 1.54) is 18.2 Å². The number of halogens is 2. The molecule has 0 aliphatic carbocycles. The van der Waals surface area contributed by atoms with Gasteiger partial charge in [-0.3, -0.25) is 9.59 Å². The maximum absolute atomic E-state index is 13.8. The monoisotopic (exact) mass is 362 g/mol. The molecule has 1 saturated heterocycles. The minimum atomic E-state index is -0.691. The summed E-state index contributed by atoms with van der Waals surface area (Å²) in [6.07, 6.45) is 0. The molecule has 2 aromatic carbocycles. The number of ether oxygens (including phenoxy) is 1. The lowest BCUT2D eigenvalue weighted by Gasteiger charge is -2.26. The second-order valence-corrected chi connectivity index (χ2v) is 5.94. The van der Waals surface area contributed by atoms with Gasteiger partial charge in [0.2, 0.25) is 0 Å². The van der Waals surface area contributed by atoms with E-state index in [9.17, 15) is 14.0 Å². The first-order chi connectivity index (χ1) is 12.1. The number of anilines is 1. The van der Waals surface area contributed by atoms with E-state index in [1.54, 1.807) is 29.2 Å². The van der Waals surface area contributed by atoms with Crippen LogP contribution in [0.15, 0.2) is 42.5 Å². The molecule has 5 nitrogen and oxygen atoms in total. The van der Waals surface area contributed by atoms with E-state index >= 15 is 0 Å². The summed E-state index contributed by atoms with van der Waals surface area (Å²) in [5.74, 6) is -1.42. The van der Waals surface area contributed by atoms with Crippen LogP contribution in [0.25, 0.3) is 0 Å². The van der Waals surface area contributed by atoms with Crippen molar-refractivity contribution in [1.29, 1.82) is 0 Å². The molecule has 2 aromatic rings. The van der Waals surface area contributed by atoms with Crippen LogP contribution in [-0.2, 0) is 4.74 Å². The summed E-state index contributed by atoms with van der Waals surface area (Å²) in [5.41, 5.74) is 0.754. The van der Waals surface area contributed by atoms with Gasteiger partial charge in [-0.1, -0.05) is 17.7 Å². The minimum absolute atomic E-state index is 0.0385. The highest BCUT2D eigenvalue weighted by Crippen LogP contribution is 2.21. The fraction of sp³-hybridized carbons (Fsp3) is 0.222. The van der Waals surface area contributed by atoms with Crippen LogP contribution in [-0.4, -0.2) is 43.0 Å². The topological polar surface area (TPSA) is 58.6 Å². The molecule has 1 aliphatic rings. The molecule has 0 saturated carbocycles. The Labute approximate surface area is 149 Å². The fourth-order valence-corrected chi connectivity index (χ4v) is 2.80. The van der Waals surface area contributed by atoms with Crippen LogP contribution >= 0.6 is 11.6 Å². The van der Waals surface area contributed by atoms with E-state index in [0.717, 1.165) is 0 Å². The lowest BCUT2D eigenvalue weighted by atomic mass is 10.1. The standard InChI is InChI=1S/C18H16ClFN2O3/c19-14-2-1-3-15(20)16(14)17(23)21-13-6-4-12(5-7-13)18(24)22-8-10-25-11-9-22/h1-7H,8-11H2,(H,21,23). The van der Waals surface area contributed by atoms with Crippen LogP contribution in [0.4, 0.5) is 10.1 Å². The summed E-state index contributed by atoms with van der Waals surface area (Å²) >= 11 is 5.88. The number of rotatable bonds is 3. The summed E-state index contributed by atoms with van der Waals surface area (Å²) in [6.45, 7) is 2.18. The Morgan fingerprint density at radius 3 is 2.40 bits per heavy atom. The molecule has 130 valence electrons. The smallest absolute Gasteiger partial charge is 0.260 e. The van der Waals surface area contributed by atoms with Gasteiger partial charge < -0.3 is 15.0 Å². The van der Waals surface area contributed by atoms with Gasteiger partial charge in [0, 0.05) is 24.3 Å². The van der Waals surface area contributed by atoms with Crippen LogP contribution in [0, 0.1) is 5.82 Å². The zero-order valence-electron chi connectivity index (χ0n) is 13.3. The first-order valence-electron chi connectivity index (χ1n) is 7.79. The molecule has 1 aliphatic heterocycles. The first kappa shape index (κ1) is 17.4. The Morgan fingerprint density at radius 1 is 1.08 bits per heavy atom. The second kappa shape index (κ2) is 7.63. The Morgan fingerprint density at radius 2 is 1.76 bits per heavy atom. The molecule has 0 spiro atoms. The van der Waals surface area contributed by atoms with Gasteiger partial charge in [0.15, 0.2) is 0 Å². The number of hydrogen-bond acceptors (Lipinski definition) is 3. The van der Waals surface area contributed by atoms with Crippen molar-refractivity contribution in [3.05, 3.63) is 64.4 Å². The van der Waals surface area contributed by atoms with E-state index in [1.807, 2.05) is 0 Å². The fourth-order valence-electron chi connectivity index (χ4n) is 2.55. The van der Waals surface area contributed by atoms with Gasteiger partial charge in [0.25, 0.3) is 11.8 Å². The minimum Gasteiger partial charge on any atom is -0.378 e. The van der Waals surface area contributed by atoms with Crippen LogP contribution in [0.5, 0.6) is 0 Å². The number of carbonyl (C=O) groups excluding carboxylic acids is 2. The average Bonchev–Trinajstić information content (AvgIpc) is 2.62. The van der Waals surface area contributed by atoms with Crippen molar-refractivity contribution in [3.8, 4) is 0 Å². The SMILES string of the molecule is O=C(Nc1ccc(C(=O)N2CCOCC2)cc1)c1c(F)cccc1Cl. The van der Waals surface area contributed by atoms with Crippen molar-refractivity contribution in [2.75, 3.05) is 31.6 Å². The van der Waals surface area contributed by atoms with Crippen molar-refractivity contribution >= 4 is 29.1 Å². The lowest BCUT2D eigenvalue weighted by Crippen LogP contribution is -2.40. The number of benzene rings is 2. The molecule has 25 heavy (non-hydrogen) atoms. The quantitative estimate of drug-likeness (QED) is 0.912. The van der Waals surface area contributed by atoms with Crippen LogP contribution < -0.4 is 5.32 Å². The van der Waals surface area contributed by atoms with Gasteiger partial charge in [0.1, 0.15) is 5.82 Å². The zero-order valence-corrected chi connectivity index (χ0v) is 14.1. The molecule has 3 rings (SSSR count). The molecule has 0 bridgehead atoms. The van der Waals surface area contributed by atoms with Gasteiger partial charge >= 0.3 is 0 Å². The Bertz CT molecular complexity index is 769. The maximum atomic E-state index is 13.8. The van der Waals surface area contributed by atoms with Crippen molar-refractivity contribution in [2.45, 2.75) is 0 Å². The Hall–Kier alpha value is -2.44. The van der Waals surface area contributed by atoms with Gasteiger partial charge in [-0.05, 0) is 36.4 Å². The molecule has 2 amide bonds. The molecule has 0 aromatic heterocycles. The largest absolute Gasteiger partial charge is 0.378 e. The summed E-state index contributed by atoms with van der Waals surface area (Å²) in [4.78, 5) is 26.3. The number of nitrogens with one attached hydrogen (secondary N) is 1. The molecule has 1 heterocycles. The number of morpholine rings is 1. The van der Waals surface area contributed by atoms with E-state index < -0.39 is 11.7 Å². The van der Waals surface area contributed by atoms with Gasteiger partial charge in [-0.2, -0.15) is 0 Å². The van der Waals surface area contributed by atoms with Crippen LogP contribution in [0.1, 0.15) is 20.7 Å². The van der Waals surface area contributed by atoms with Crippen LogP contribution in [0.3, 0.4) is 0 Å². The van der Waals surface area contributed by atoms with Gasteiger partial charge in [0.05, 0.1) is 23.8 Å². The molecule has 7 heteroatoms. The van der Waals surface area contributed by atoms with E-state index in [2.05, 4.69) is 5.32 Å². The maximum Gasteiger partial charge on any atom is 0.260 e. The first-order valence-corrected chi connectivity index (χ1v) is 8.16. The highest BCUT2D eigenvalue weighted by Gasteiger charge is 2.19. The van der Waals surface area contributed by atoms with Crippen molar-refractivity contribution in [2.24, 2.45) is 0 Å². The molecule has 1 N–H and O–H groups in total. The molecular formula is C18H16ClFN2O3. The molecule has 0 atom stereocenters. The third-order valence-corrected chi connectivity index (χ3v) is 4.19. The van der Waals surface area contributed by atoms with E-state index in [0.29, 0.717) is 37.6 Å². The third-order valence-electron chi connectivity index (χ3n) is 3.88. The summed E-state index contributed by atoms with van der Waals surface area (Å²) in [6, 6.07) is 10.5. The molecule has 1 fully saturated rings. The number of amides is 2. The van der Waals surface area contributed by atoms with Crippen molar-refractivity contribution in [1.82, 2.24) is 4.90 Å². The number of carbonyl (C=O) groups is 2. The Balaban J connectivity index is 1.70. The highest BCUT2D eigenvalue weighted by molar-refractivity contribution is 6.34. The normalized spacial score (nSPS) is 14.2. The van der Waals surface area contributed by atoms with Gasteiger partial charge in [-0.25, -0.2) is 4.39 Å². The number of nitrogens with zero attached hydrogens (tertiary/aromatic N) is 1. The highest BCUT2D eigenvalue weighted by atomic mass is 35.5. The van der Waals surface area contributed by atoms with E-state index in [-0.39, 0.29) is 16.5 Å². The number of hydrogen-bond donors (Lipinski definition) is 1. The summed E-state index contributed by atoms with van der Waals surface area (Å²) in [5, 5.41) is 2.62. The third kappa shape index (κ3) is 3.97. The van der Waals surface area contributed by atoms with Crippen molar-refractivity contribution in [3.63, 3.8) is 0 Å². The predicted octanol–water partition coefficient (Wildman–Crippen LogP) is 3.20.